The number of thiophene rings is 1. The van der Waals surface area contributed by atoms with Crippen LogP contribution in [-0.4, -0.2) is 57.2 Å². The number of Topliss-reactive ketones (excluding diaryl/α,β-unsaturated/α-hetero) is 1. The summed E-state index contributed by atoms with van der Waals surface area (Å²) in [6.45, 7) is 3.59. The van der Waals surface area contributed by atoms with Gasteiger partial charge in [0.1, 0.15) is 16.5 Å². The Morgan fingerprint density at radius 3 is 2.24 bits per heavy atom. The van der Waals surface area contributed by atoms with Gasteiger partial charge in [0, 0.05) is 23.4 Å². The Kier molecular flexibility index (Phi) is 8.66. The number of nitrogen functional groups attached to an aromatic ring is 1. The second-order valence-electron chi connectivity index (χ2n) is 8.27. The average molecular weight is 490 g/mol. The predicted octanol–water partition coefficient (Wildman–Crippen LogP) is 2.60. The highest BCUT2D eigenvalue weighted by Crippen LogP contribution is 2.26. The van der Waals surface area contributed by atoms with E-state index in [9.17, 15) is 24.3 Å². The van der Waals surface area contributed by atoms with E-state index in [0.29, 0.717) is 22.7 Å². The van der Waals surface area contributed by atoms with Crippen LogP contribution in [0, 0.1) is 11.3 Å². The Labute approximate surface area is 200 Å². The highest BCUT2D eigenvalue weighted by Gasteiger charge is 2.36. The summed E-state index contributed by atoms with van der Waals surface area (Å²) in [7, 11) is 1.69. The molecule has 5 N–H and O–H groups in total. The van der Waals surface area contributed by atoms with Crippen LogP contribution in [0.25, 0.3) is 0 Å². The lowest BCUT2D eigenvalue weighted by atomic mass is 9.88. The molecule has 0 amide bonds. The van der Waals surface area contributed by atoms with Gasteiger partial charge in [0.25, 0.3) is 0 Å². The van der Waals surface area contributed by atoms with Crippen molar-refractivity contribution >= 4 is 40.9 Å². The van der Waals surface area contributed by atoms with Crippen molar-refractivity contribution in [1.82, 2.24) is 4.90 Å². The zero-order valence-corrected chi connectivity index (χ0v) is 19.8. The minimum absolute atomic E-state index is 0.0910. The molecule has 10 nitrogen and oxygen atoms in total. The molecule has 0 fully saturated rings. The molecule has 0 aliphatic carbocycles. The van der Waals surface area contributed by atoms with Crippen molar-refractivity contribution in [2.75, 3.05) is 7.05 Å². The maximum atomic E-state index is 12.8. The van der Waals surface area contributed by atoms with Crippen LogP contribution in [-0.2, 0) is 20.9 Å². The molecule has 1 heterocycles. The van der Waals surface area contributed by atoms with Crippen LogP contribution >= 0.6 is 11.3 Å². The van der Waals surface area contributed by atoms with Crippen LogP contribution in [0.4, 0.5) is 0 Å². The maximum Gasteiger partial charge on any atom is 0.353 e. The Balaban J connectivity index is 2.02. The molecule has 0 aliphatic rings. The monoisotopic (exact) mass is 489 g/mol. The standard InChI is InChI=1S/C23H27N3O7S/c1-23(2,18(27)10-14(21(30)31)11-19(28)29)26(3)12-16-8-9-17(34-16)22(32)33-15-6-4-13(5-7-15)20(24)25/h4-9,14H,10-12H2,1-3H3,(H3,24,25)(H,28,29)(H,30,31)/t14-/m0/s1. The summed E-state index contributed by atoms with van der Waals surface area (Å²) >= 11 is 1.20. The summed E-state index contributed by atoms with van der Waals surface area (Å²) < 4.78 is 5.35. The molecule has 0 saturated carbocycles. The fourth-order valence-electron chi connectivity index (χ4n) is 3.01. The molecule has 11 heteroatoms. The fourth-order valence-corrected chi connectivity index (χ4v) is 3.95. The molecule has 0 radical (unpaired) electrons. The van der Waals surface area contributed by atoms with Gasteiger partial charge in [-0.15, -0.1) is 11.3 Å². The Morgan fingerprint density at radius 1 is 1.09 bits per heavy atom. The number of nitrogens with one attached hydrogen (secondary N) is 1. The normalized spacial score (nSPS) is 12.2. The molecule has 1 aromatic carbocycles. The lowest BCUT2D eigenvalue weighted by Gasteiger charge is -2.34. The van der Waals surface area contributed by atoms with Gasteiger partial charge in [-0.1, -0.05) is 0 Å². The number of hydrogen-bond donors (Lipinski definition) is 4. The zero-order valence-electron chi connectivity index (χ0n) is 19.0. The smallest absolute Gasteiger partial charge is 0.353 e. The first kappa shape index (κ1) is 26.7. The number of nitrogens with two attached hydrogens (primary N) is 1. The lowest BCUT2D eigenvalue weighted by molar-refractivity contribution is -0.150. The first-order chi connectivity index (χ1) is 15.8. The Bertz CT molecular complexity index is 1090. The number of carbonyl (C=O) groups is 4. The SMILES string of the molecule is CN(Cc1ccc(C(=O)Oc2ccc(C(=N)N)cc2)s1)C(C)(C)C(=O)C[C@@H](CC(=O)O)C(=O)O. The molecule has 0 bridgehead atoms. The topological polar surface area (TPSA) is 171 Å². The van der Waals surface area contributed by atoms with E-state index >= 15 is 0 Å². The minimum Gasteiger partial charge on any atom is -0.481 e. The Morgan fingerprint density at radius 2 is 1.71 bits per heavy atom. The number of ether oxygens (including phenoxy) is 1. The molecule has 2 aromatic rings. The number of carboxylic acids is 2. The molecular formula is C23H27N3O7S. The molecule has 2 rings (SSSR count). The molecule has 0 spiro atoms. The van der Waals surface area contributed by atoms with E-state index in [4.69, 9.17) is 21.0 Å². The minimum atomic E-state index is -1.33. The van der Waals surface area contributed by atoms with E-state index in [1.165, 1.54) is 11.3 Å². The van der Waals surface area contributed by atoms with Gasteiger partial charge in [0.15, 0.2) is 5.78 Å². The van der Waals surface area contributed by atoms with Crippen LogP contribution in [0.15, 0.2) is 36.4 Å². The molecule has 0 unspecified atom stereocenters. The Hall–Kier alpha value is -3.57. The van der Waals surface area contributed by atoms with Crippen LogP contribution in [0.3, 0.4) is 0 Å². The maximum absolute atomic E-state index is 12.8. The number of likely N-dealkylation sites (N-methyl/N-ethyl adjacent to an activating group) is 1. The summed E-state index contributed by atoms with van der Waals surface area (Å²) in [4.78, 5) is 50.3. The lowest BCUT2D eigenvalue weighted by Crippen LogP contribution is -2.48. The van der Waals surface area contributed by atoms with Gasteiger partial charge >= 0.3 is 17.9 Å². The molecule has 34 heavy (non-hydrogen) atoms. The summed E-state index contributed by atoms with van der Waals surface area (Å²) in [5.74, 6) is -4.64. The second-order valence-corrected chi connectivity index (χ2v) is 9.44. The molecule has 1 aromatic heterocycles. The predicted molar refractivity (Wildman–Crippen MR) is 125 cm³/mol. The van der Waals surface area contributed by atoms with E-state index < -0.39 is 48.0 Å². The highest BCUT2D eigenvalue weighted by atomic mass is 32.1. The molecule has 182 valence electrons. The van der Waals surface area contributed by atoms with Crippen molar-refractivity contribution in [3.8, 4) is 5.75 Å². The van der Waals surface area contributed by atoms with Crippen LogP contribution < -0.4 is 10.5 Å². The first-order valence-corrected chi connectivity index (χ1v) is 11.1. The number of benzene rings is 1. The fraction of sp³-hybridized carbons (Fsp3) is 0.348. The number of aliphatic carboxylic acids is 2. The number of esters is 1. The molecular weight excluding hydrogens is 462 g/mol. The molecule has 0 saturated heterocycles. The van der Waals surface area contributed by atoms with Gasteiger partial charge < -0.3 is 20.7 Å². The molecule has 0 aliphatic heterocycles. The van der Waals surface area contributed by atoms with Crippen LogP contribution in [0.1, 0.15) is 46.8 Å². The van der Waals surface area contributed by atoms with Crippen molar-refractivity contribution in [2.45, 2.75) is 38.8 Å². The average Bonchev–Trinajstić information content (AvgIpc) is 3.21. The van der Waals surface area contributed by atoms with E-state index in [2.05, 4.69) is 0 Å². The first-order valence-electron chi connectivity index (χ1n) is 10.3. The number of amidine groups is 1. The van der Waals surface area contributed by atoms with E-state index in [1.54, 1.807) is 62.2 Å². The van der Waals surface area contributed by atoms with Gasteiger partial charge in [0.05, 0.1) is 17.9 Å². The highest BCUT2D eigenvalue weighted by molar-refractivity contribution is 7.13. The quantitative estimate of drug-likeness (QED) is 0.151. The van der Waals surface area contributed by atoms with Crippen molar-refractivity contribution < 1.29 is 34.1 Å². The van der Waals surface area contributed by atoms with Crippen LogP contribution in [0.5, 0.6) is 5.75 Å². The van der Waals surface area contributed by atoms with Crippen LogP contribution in [0.2, 0.25) is 0 Å². The van der Waals surface area contributed by atoms with E-state index in [-0.39, 0.29) is 5.84 Å². The number of ketones is 1. The number of rotatable bonds is 12. The third kappa shape index (κ3) is 6.96. The van der Waals surface area contributed by atoms with Gasteiger partial charge in [0.2, 0.25) is 0 Å². The third-order valence-electron chi connectivity index (χ3n) is 5.47. The van der Waals surface area contributed by atoms with Gasteiger partial charge in [-0.25, -0.2) is 4.79 Å². The van der Waals surface area contributed by atoms with E-state index in [0.717, 1.165) is 4.88 Å². The van der Waals surface area contributed by atoms with Crippen molar-refractivity contribution in [1.29, 1.82) is 5.41 Å². The second kappa shape index (κ2) is 11.0. The van der Waals surface area contributed by atoms with Gasteiger partial charge in [-0.2, -0.15) is 0 Å². The number of nitrogens with zero attached hydrogens (tertiary/aromatic N) is 1. The summed E-state index contributed by atoms with van der Waals surface area (Å²) in [6, 6.07) is 9.58. The van der Waals surface area contributed by atoms with Gasteiger partial charge in [-0.3, -0.25) is 24.7 Å². The number of hydrogen-bond acceptors (Lipinski definition) is 8. The number of carbonyl (C=O) groups excluding carboxylic acids is 2. The summed E-state index contributed by atoms with van der Waals surface area (Å²) in [5.41, 5.74) is 4.86. The van der Waals surface area contributed by atoms with Gasteiger partial charge in [-0.05, 0) is 57.3 Å². The molecule has 1 atom stereocenters. The third-order valence-corrected chi connectivity index (χ3v) is 6.52. The summed E-state index contributed by atoms with van der Waals surface area (Å²) in [5, 5.41) is 25.5. The zero-order chi connectivity index (χ0) is 25.6. The largest absolute Gasteiger partial charge is 0.481 e. The van der Waals surface area contributed by atoms with Crippen molar-refractivity contribution in [2.24, 2.45) is 11.7 Å². The van der Waals surface area contributed by atoms with E-state index in [1.807, 2.05) is 0 Å². The summed E-state index contributed by atoms with van der Waals surface area (Å²) in [6.07, 6.45) is -1.03. The van der Waals surface area contributed by atoms with Crippen molar-refractivity contribution in [3.63, 3.8) is 0 Å². The van der Waals surface area contributed by atoms with Crippen molar-refractivity contribution in [3.05, 3.63) is 51.7 Å². The number of carboxylic acid groups (broad SMARTS) is 2.